The second-order valence-corrected chi connectivity index (χ2v) is 7.97. The van der Waals surface area contributed by atoms with E-state index in [1.54, 1.807) is 0 Å². The highest BCUT2D eigenvalue weighted by Crippen LogP contribution is 2.44. The van der Waals surface area contributed by atoms with Crippen LogP contribution in [0.3, 0.4) is 0 Å². The second kappa shape index (κ2) is 6.68. The van der Waals surface area contributed by atoms with Gasteiger partial charge in [0.1, 0.15) is 0 Å². The highest BCUT2D eigenvalue weighted by atomic mass is 16.2. The van der Waals surface area contributed by atoms with Crippen LogP contribution in [0.5, 0.6) is 0 Å². The van der Waals surface area contributed by atoms with Gasteiger partial charge in [-0.25, -0.2) is 0 Å². The smallest absolute Gasteiger partial charge is 0.223 e. The number of carbonyl (C=O) groups excluding carboxylic acids is 1. The molecule has 0 spiro atoms. The first-order valence-corrected chi connectivity index (χ1v) is 8.93. The van der Waals surface area contributed by atoms with Crippen molar-refractivity contribution in [2.45, 2.75) is 84.7 Å². The Morgan fingerprint density at radius 2 is 1.86 bits per heavy atom. The number of nitrogens with one attached hydrogen (secondary N) is 1. The zero-order valence-corrected chi connectivity index (χ0v) is 14.3. The van der Waals surface area contributed by atoms with E-state index >= 15 is 0 Å². The molecule has 2 aliphatic rings. The molecule has 0 aromatic carbocycles. The van der Waals surface area contributed by atoms with Gasteiger partial charge in [-0.05, 0) is 42.9 Å². The minimum Gasteiger partial charge on any atom is -0.353 e. The van der Waals surface area contributed by atoms with Crippen LogP contribution in [0.15, 0.2) is 0 Å². The molecule has 2 aliphatic carbocycles. The Balaban J connectivity index is 2.02. The van der Waals surface area contributed by atoms with Crippen molar-refractivity contribution in [1.82, 2.24) is 5.32 Å². The number of amides is 1. The Hall–Kier alpha value is -0.570. The number of hydrogen-bond donors (Lipinski definition) is 2. The van der Waals surface area contributed by atoms with Crippen LogP contribution in [0, 0.1) is 23.2 Å². The van der Waals surface area contributed by atoms with Crippen molar-refractivity contribution < 1.29 is 4.79 Å². The second-order valence-electron chi connectivity index (χ2n) is 7.97. The van der Waals surface area contributed by atoms with E-state index in [-0.39, 0.29) is 23.3 Å². The predicted molar refractivity (Wildman–Crippen MR) is 87.8 cm³/mol. The van der Waals surface area contributed by atoms with Crippen molar-refractivity contribution in [3.8, 4) is 0 Å². The van der Waals surface area contributed by atoms with Crippen molar-refractivity contribution >= 4 is 5.91 Å². The van der Waals surface area contributed by atoms with Crippen LogP contribution in [0.25, 0.3) is 0 Å². The van der Waals surface area contributed by atoms with Gasteiger partial charge < -0.3 is 11.1 Å². The van der Waals surface area contributed by atoms with Crippen LogP contribution in [0.2, 0.25) is 0 Å². The average Bonchev–Trinajstić information content (AvgIpc) is 2.45. The summed E-state index contributed by atoms with van der Waals surface area (Å²) in [5.41, 5.74) is 6.21. The maximum Gasteiger partial charge on any atom is 0.223 e. The van der Waals surface area contributed by atoms with Gasteiger partial charge in [-0.2, -0.15) is 0 Å². The molecule has 0 saturated heterocycles. The van der Waals surface area contributed by atoms with E-state index in [0.717, 1.165) is 19.3 Å². The highest BCUT2D eigenvalue weighted by Gasteiger charge is 2.45. The summed E-state index contributed by atoms with van der Waals surface area (Å²) in [4.78, 5) is 12.8. The molecule has 3 heteroatoms. The highest BCUT2D eigenvalue weighted by molar-refractivity contribution is 5.80. The lowest BCUT2D eigenvalue weighted by Gasteiger charge is -2.46. The minimum absolute atomic E-state index is 0.00186. The molecule has 1 amide bonds. The van der Waals surface area contributed by atoms with Gasteiger partial charge in [-0.15, -0.1) is 0 Å². The molecule has 0 bridgehead atoms. The van der Waals surface area contributed by atoms with Crippen LogP contribution >= 0.6 is 0 Å². The lowest BCUT2D eigenvalue weighted by molar-refractivity contribution is -0.133. The van der Waals surface area contributed by atoms with E-state index in [4.69, 9.17) is 5.73 Å². The summed E-state index contributed by atoms with van der Waals surface area (Å²) in [5.74, 6) is 1.47. The van der Waals surface area contributed by atoms with Gasteiger partial charge in [-0.3, -0.25) is 4.79 Å². The molecular formula is C18H34N2O. The van der Waals surface area contributed by atoms with Crippen molar-refractivity contribution in [2.24, 2.45) is 28.9 Å². The first-order valence-electron chi connectivity index (χ1n) is 8.93. The zero-order chi connectivity index (χ0) is 15.6. The monoisotopic (exact) mass is 294 g/mol. The molecule has 21 heavy (non-hydrogen) atoms. The quantitative estimate of drug-likeness (QED) is 0.837. The zero-order valence-electron chi connectivity index (χ0n) is 14.3. The molecule has 3 N–H and O–H groups in total. The van der Waals surface area contributed by atoms with Crippen LogP contribution in [0.4, 0.5) is 0 Å². The molecule has 0 heterocycles. The lowest BCUT2D eigenvalue weighted by Crippen LogP contribution is -2.54. The first kappa shape index (κ1) is 16.8. The van der Waals surface area contributed by atoms with Crippen LogP contribution in [-0.4, -0.2) is 18.0 Å². The fourth-order valence-corrected chi connectivity index (χ4v) is 4.49. The summed E-state index contributed by atoms with van der Waals surface area (Å²) in [6.45, 7) is 8.90. The number of hydrogen-bond acceptors (Lipinski definition) is 2. The van der Waals surface area contributed by atoms with Crippen LogP contribution in [-0.2, 0) is 4.79 Å². The van der Waals surface area contributed by atoms with Gasteiger partial charge in [0.15, 0.2) is 0 Å². The Labute approximate surface area is 130 Å². The molecule has 0 radical (unpaired) electrons. The van der Waals surface area contributed by atoms with Gasteiger partial charge in [0, 0.05) is 18.0 Å². The van der Waals surface area contributed by atoms with E-state index < -0.39 is 0 Å². The van der Waals surface area contributed by atoms with E-state index in [1.807, 2.05) is 0 Å². The summed E-state index contributed by atoms with van der Waals surface area (Å²) in [6.07, 6.45) is 8.12. The first-order chi connectivity index (χ1) is 9.87. The fraction of sp³-hybridized carbons (Fsp3) is 0.944. The molecule has 5 atom stereocenters. The molecule has 0 aromatic heterocycles. The van der Waals surface area contributed by atoms with Crippen LogP contribution < -0.4 is 11.1 Å². The van der Waals surface area contributed by atoms with E-state index in [9.17, 15) is 4.79 Å². The minimum atomic E-state index is -0.00186. The number of nitrogens with two attached hydrogens (primary N) is 1. The van der Waals surface area contributed by atoms with Crippen molar-refractivity contribution in [3.63, 3.8) is 0 Å². The molecule has 2 saturated carbocycles. The van der Waals surface area contributed by atoms with E-state index in [2.05, 4.69) is 33.0 Å². The molecule has 3 nitrogen and oxygen atoms in total. The van der Waals surface area contributed by atoms with Gasteiger partial charge in [0.2, 0.25) is 5.91 Å². The summed E-state index contributed by atoms with van der Waals surface area (Å²) in [5, 5.41) is 3.40. The van der Waals surface area contributed by atoms with Crippen molar-refractivity contribution in [3.05, 3.63) is 0 Å². The van der Waals surface area contributed by atoms with Gasteiger partial charge in [0.05, 0.1) is 0 Å². The Kier molecular flexibility index (Phi) is 5.34. The third-order valence-corrected chi connectivity index (χ3v) is 6.58. The SMILES string of the molecule is CCC1CCCCC1NC(=O)C1CCC(N)C(C)C1(C)C. The molecule has 122 valence electrons. The number of carbonyl (C=O) groups is 1. The fourth-order valence-electron chi connectivity index (χ4n) is 4.49. The molecule has 2 rings (SSSR count). The molecular weight excluding hydrogens is 260 g/mol. The Morgan fingerprint density at radius 1 is 1.19 bits per heavy atom. The normalized spacial score (nSPS) is 39.8. The maximum absolute atomic E-state index is 12.8. The number of rotatable bonds is 3. The summed E-state index contributed by atoms with van der Waals surface area (Å²) >= 11 is 0. The predicted octanol–water partition coefficient (Wildman–Crippen LogP) is 3.47. The van der Waals surface area contributed by atoms with Crippen LogP contribution in [0.1, 0.15) is 72.6 Å². The third-order valence-electron chi connectivity index (χ3n) is 6.58. The van der Waals surface area contributed by atoms with Crippen molar-refractivity contribution in [2.75, 3.05) is 0 Å². The molecule has 5 unspecified atom stereocenters. The van der Waals surface area contributed by atoms with E-state index in [1.165, 1.54) is 25.7 Å². The third kappa shape index (κ3) is 3.44. The molecule has 2 fully saturated rings. The summed E-state index contributed by atoms with van der Waals surface area (Å²) in [7, 11) is 0. The molecule has 0 aliphatic heterocycles. The summed E-state index contributed by atoms with van der Waals surface area (Å²) in [6, 6.07) is 0.639. The van der Waals surface area contributed by atoms with Gasteiger partial charge >= 0.3 is 0 Å². The largest absolute Gasteiger partial charge is 0.353 e. The maximum atomic E-state index is 12.8. The van der Waals surface area contributed by atoms with Gasteiger partial charge in [-0.1, -0.05) is 47.0 Å². The van der Waals surface area contributed by atoms with Crippen molar-refractivity contribution in [1.29, 1.82) is 0 Å². The summed E-state index contributed by atoms with van der Waals surface area (Å²) < 4.78 is 0. The Morgan fingerprint density at radius 3 is 2.52 bits per heavy atom. The van der Waals surface area contributed by atoms with E-state index in [0.29, 0.717) is 17.9 Å². The van der Waals surface area contributed by atoms with Gasteiger partial charge in [0.25, 0.3) is 0 Å². The molecule has 0 aromatic rings. The standard InChI is InChI=1S/C18H34N2O/c1-5-13-8-6-7-9-16(13)20-17(21)14-10-11-15(19)12(2)18(14,3)4/h12-16H,5-11,19H2,1-4H3,(H,20,21). The Bertz CT molecular complexity index is 366. The topological polar surface area (TPSA) is 55.1 Å². The lowest BCUT2D eigenvalue weighted by atomic mass is 9.61. The average molecular weight is 294 g/mol.